The van der Waals surface area contributed by atoms with Gasteiger partial charge in [-0.3, -0.25) is 9.59 Å². The highest BCUT2D eigenvalue weighted by Gasteiger charge is 2.24. The number of esters is 1. The molecule has 1 fully saturated rings. The molecule has 0 unspecified atom stereocenters. The lowest BCUT2D eigenvalue weighted by Gasteiger charge is -2.20. The molecular weight excluding hydrogens is 392 g/mol. The van der Waals surface area contributed by atoms with Crippen molar-refractivity contribution in [3.05, 3.63) is 41.3 Å². The van der Waals surface area contributed by atoms with Gasteiger partial charge in [-0.25, -0.2) is 8.42 Å². The Bertz CT molecular complexity index is 800. The SMILES string of the molecule is C[C@H](OC(=O)CN(C)S(=O)(=O)/C=C/c1ccccc1)C(=O)NC1CCCCCC1. The summed E-state index contributed by atoms with van der Waals surface area (Å²) in [6.07, 6.45) is 6.87. The van der Waals surface area contributed by atoms with Crippen molar-refractivity contribution >= 4 is 28.0 Å². The number of ether oxygens (including phenoxy) is 1. The molecule has 0 spiro atoms. The fraction of sp³-hybridized carbons (Fsp3) is 0.524. The average Bonchev–Trinajstić information content (AvgIpc) is 2.95. The lowest BCUT2D eigenvalue weighted by atomic mass is 10.1. The molecule has 0 heterocycles. The van der Waals surface area contributed by atoms with E-state index in [1.165, 1.54) is 32.9 Å². The van der Waals surface area contributed by atoms with Gasteiger partial charge in [0.05, 0.1) is 0 Å². The third-order valence-corrected chi connectivity index (χ3v) is 6.38. The van der Waals surface area contributed by atoms with E-state index in [1.54, 1.807) is 24.3 Å². The van der Waals surface area contributed by atoms with Crippen molar-refractivity contribution in [1.82, 2.24) is 9.62 Å². The molecule has 0 aromatic heterocycles. The topological polar surface area (TPSA) is 92.8 Å². The highest BCUT2D eigenvalue weighted by molar-refractivity contribution is 7.92. The van der Waals surface area contributed by atoms with E-state index in [0.29, 0.717) is 0 Å². The van der Waals surface area contributed by atoms with Crippen molar-refractivity contribution < 1.29 is 22.7 Å². The molecule has 1 aromatic carbocycles. The Balaban J connectivity index is 1.83. The minimum Gasteiger partial charge on any atom is -0.452 e. The second-order valence-electron chi connectivity index (χ2n) is 7.34. The Hall–Kier alpha value is -2.19. The third-order valence-electron chi connectivity index (χ3n) is 4.90. The van der Waals surface area contributed by atoms with Gasteiger partial charge in [-0.15, -0.1) is 0 Å². The number of nitrogens with zero attached hydrogens (tertiary/aromatic N) is 1. The minimum absolute atomic E-state index is 0.109. The van der Waals surface area contributed by atoms with Crippen molar-refractivity contribution in [2.45, 2.75) is 57.6 Å². The number of nitrogens with one attached hydrogen (secondary N) is 1. The first-order valence-corrected chi connectivity index (χ1v) is 11.5. The molecule has 1 aliphatic carbocycles. The maximum absolute atomic E-state index is 12.3. The number of carbonyl (C=O) groups excluding carboxylic acids is 2. The van der Waals surface area contributed by atoms with Crippen LogP contribution in [0.25, 0.3) is 6.08 Å². The molecular formula is C21H30N2O5S. The zero-order valence-corrected chi connectivity index (χ0v) is 17.9. The van der Waals surface area contributed by atoms with Crippen molar-refractivity contribution in [1.29, 1.82) is 0 Å². The zero-order valence-electron chi connectivity index (χ0n) is 17.0. The van der Waals surface area contributed by atoms with E-state index < -0.39 is 28.6 Å². The second-order valence-corrected chi connectivity index (χ2v) is 9.27. The van der Waals surface area contributed by atoms with E-state index in [4.69, 9.17) is 4.74 Å². The molecule has 29 heavy (non-hydrogen) atoms. The number of amides is 1. The van der Waals surface area contributed by atoms with E-state index in [1.807, 2.05) is 6.07 Å². The molecule has 2 rings (SSSR count). The summed E-state index contributed by atoms with van der Waals surface area (Å²) in [4.78, 5) is 24.4. The van der Waals surface area contributed by atoms with Crippen LogP contribution in [0.4, 0.5) is 0 Å². The van der Waals surface area contributed by atoms with Crippen molar-refractivity contribution in [3.8, 4) is 0 Å². The van der Waals surface area contributed by atoms with Crippen molar-refractivity contribution in [2.75, 3.05) is 13.6 Å². The van der Waals surface area contributed by atoms with Gasteiger partial charge in [-0.05, 0) is 31.4 Å². The highest BCUT2D eigenvalue weighted by atomic mass is 32.2. The summed E-state index contributed by atoms with van der Waals surface area (Å²) in [7, 11) is -2.49. The number of rotatable bonds is 8. The summed E-state index contributed by atoms with van der Waals surface area (Å²) >= 11 is 0. The summed E-state index contributed by atoms with van der Waals surface area (Å²) < 4.78 is 30.6. The monoisotopic (exact) mass is 422 g/mol. The van der Waals surface area contributed by atoms with Crippen molar-refractivity contribution in [2.24, 2.45) is 0 Å². The Labute approximate surface area is 173 Å². The number of likely N-dealkylation sites (N-methyl/N-ethyl adjacent to an activating group) is 1. The van der Waals surface area contributed by atoms with Crippen LogP contribution in [-0.2, 0) is 24.3 Å². The first kappa shape index (κ1) is 23.1. The molecule has 0 aliphatic heterocycles. The standard InChI is InChI=1S/C21H30N2O5S/c1-17(21(25)22-19-12-8-3-4-9-13-19)28-20(24)16-23(2)29(26,27)15-14-18-10-6-5-7-11-18/h5-7,10-11,14-15,17,19H,3-4,8-9,12-13,16H2,1-2H3,(H,22,25)/b15-14+/t17-/m0/s1. The summed E-state index contributed by atoms with van der Waals surface area (Å²) in [5.74, 6) is -1.12. The Morgan fingerprint density at radius 1 is 1.17 bits per heavy atom. The predicted octanol–water partition coefficient (Wildman–Crippen LogP) is 2.69. The average molecular weight is 423 g/mol. The van der Waals surface area contributed by atoms with Crippen LogP contribution in [0.3, 0.4) is 0 Å². The van der Waals surface area contributed by atoms with E-state index in [-0.39, 0.29) is 11.9 Å². The fourth-order valence-corrected chi connectivity index (χ4v) is 3.96. The van der Waals surface area contributed by atoms with Crippen LogP contribution in [0.2, 0.25) is 0 Å². The maximum atomic E-state index is 12.3. The summed E-state index contributed by atoms with van der Waals surface area (Å²) in [5, 5.41) is 3.97. The highest BCUT2D eigenvalue weighted by Crippen LogP contribution is 2.17. The summed E-state index contributed by atoms with van der Waals surface area (Å²) in [6.45, 7) is 1.02. The van der Waals surface area contributed by atoms with Gasteiger partial charge >= 0.3 is 5.97 Å². The molecule has 1 saturated carbocycles. The first-order valence-electron chi connectivity index (χ1n) is 9.97. The normalized spacial score (nSPS) is 17.1. The summed E-state index contributed by atoms with van der Waals surface area (Å²) in [6, 6.07) is 9.09. The lowest BCUT2D eigenvalue weighted by Crippen LogP contribution is -2.43. The molecule has 0 saturated heterocycles. The number of benzene rings is 1. The van der Waals surface area contributed by atoms with Crippen LogP contribution >= 0.6 is 0 Å². The zero-order chi connectivity index (χ0) is 21.3. The van der Waals surface area contributed by atoms with Crippen LogP contribution < -0.4 is 5.32 Å². The molecule has 0 bridgehead atoms. The molecule has 1 N–H and O–H groups in total. The molecule has 1 aliphatic rings. The van der Waals surface area contributed by atoms with Crippen LogP contribution in [0.5, 0.6) is 0 Å². The lowest BCUT2D eigenvalue weighted by molar-refractivity contribution is -0.155. The minimum atomic E-state index is -3.78. The quantitative estimate of drug-likeness (QED) is 0.514. The number of hydrogen-bond donors (Lipinski definition) is 1. The van der Waals surface area contributed by atoms with Gasteiger partial charge in [-0.1, -0.05) is 56.0 Å². The predicted molar refractivity (Wildman–Crippen MR) is 112 cm³/mol. The maximum Gasteiger partial charge on any atom is 0.322 e. The molecule has 1 amide bonds. The number of hydrogen-bond acceptors (Lipinski definition) is 5. The number of sulfonamides is 1. The molecule has 7 nitrogen and oxygen atoms in total. The van der Waals surface area contributed by atoms with Gasteiger partial charge in [0.2, 0.25) is 10.0 Å². The van der Waals surface area contributed by atoms with Gasteiger partial charge in [0.1, 0.15) is 6.54 Å². The fourth-order valence-electron chi connectivity index (χ4n) is 3.13. The Kier molecular flexibility index (Phi) is 8.85. The molecule has 1 aromatic rings. The molecule has 8 heteroatoms. The van der Waals surface area contributed by atoms with Gasteiger partial charge in [0, 0.05) is 18.5 Å². The number of carbonyl (C=O) groups is 2. The van der Waals surface area contributed by atoms with Gasteiger partial charge < -0.3 is 10.1 Å². The smallest absolute Gasteiger partial charge is 0.322 e. The van der Waals surface area contributed by atoms with Gasteiger partial charge in [0.15, 0.2) is 6.10 Å². The van der Waals surface area contributed by atoms with Crippen LogP contribution in [-0.4, -0.2) is 50.3 Å². The van der Waals surface area contributed by atoms with E-state index >= 15 is 0 Å². The van der Waals surface area contributed by atoms with Crippen molar-refractivity contribution in [3.63, 3.8) is 0 Å². The largest absolute Gasteiger partial charge is 0.452 e. The third kappa shape index (κ3) is 7.98. The van der Waals surface area contributed by atoms with Gasteiger partial charge in [-0.2, -0.15) is 4.31 Å². The van der Waals surface area contributed by atoms with Crippen LogP contribution in [0.1, 0.15) is 51.0 Å². The first-order chi connectivity index (χ1) is 13.8. The Morgan fingerprint density at radius 3 is 2.41 bits per heavy atom. The molecule has 1 atom stereocenters. The molecule has 160 valence electrons. The second kappa shape index (κ2) is 11.1. The Morgan fingerprint density at radius 2 is 1.79 bits per heavy atom. The van der Waals surface area contributed by atoms with Crippen LogP contribution in [0, 0.1) is 0 Å². The summed E-state index contributed by atoms with van der Waals surface area (Å²) in [5.41, 5.74) is 0.732. The van der Waals surface area contributed by atoms with Gasteiger partial charge in [0.25, 0.3) is 5.91 Å². The van der Waals surface area contributed by atoms with E-state index in [9.17, 15) is 18.0 Å². The van der Waals surface area contributed by atoms with Crippen LogP contribution in [0.15, 0.2) is 35.7 Å². The van der Waals surface area contributed by atoms with E-state index in [0.717, 1.165) is 41.0 Å². The molecule has 0 radical (unpaired) electrons. The van der Waals surface area contributed by atoms with E-state index in [2.05, 4.69) is 5.32 Å².